The van der Waals surface area contributed by atoms with Crippen molar-refractivity contribution >= 4 is 29.1 Å². The second kappa shape index (κ2) is 8.94. The Balaban J connectivity index is 1.25. The molecule has 2 saturated heterocycles. The molecule has 4 rings (SSSR count). The van der Waals surface area contributed by atoms with Crippen molar-refractivity contribution in [2.24, 2.45) is 0 Å². The third kappa shape index (κ3) is 4.42. The molecule has 0 unspecified atom stereocenters. The summed E-state index contributed by atoms with van der Waals surface area (Å²) in [6.07, 6.45) is 5.21. The molecular weight excluding hydrogens is 382 g/mol. The van der Waals surface area contributed by atoms with Crippen LogP contribution >= 0.6 is 0 Å². The lowest BCUT2D eigenvalue weighted by Gasteiger charge is -2.35. The van der Waals surface area contributed by atoms with Crippen LogP contribution in [0.2, 0.25) is 0 Å². The van der Waals surface area contributed by atoms with Gasteiger partial charge in [0.15, 0.2) is 12.4 Å². The molecule has 0 radical (unpaired) electrons. The maximum absolute atomic E-state index is 12.5. The number of aromatic amines is 1. The van der Waals surface area contributed by atoms with Gasteiger partial charge in [0, 0.05) is 68.2 Å². The molecule has 2 aliphatic rings. The number of aromatic nitrogens is 1. The highest BCUT2D eigenvalue weighted by atomic mass is 16.2. The molecule has 8 heteroatoms. The quantitative estimate of drug-likeness (QED) is 0.789. The molecule has 3 heterocycles. The first kappa shape index (κ1) is 19.9. The summed E-state index contributed by atoms with van der Waals surface area (Å²) in [4.78, 5) is 45.5. The Morgan fingerprint density at radius 3 is 2.23 bits per heavy atom. The van der Waals surface area contributed by atoms with Crippen molar-refractivity contribution in [3.8, 4) is 0 Å². The van der Waals surface area contributed by atoms with E-state index in [0.717, 1.165) is 37.4 Å². The number of hydrogen-bond donors (Lipinski definition) is 1. The topological polar surface area (TPSA) is 87.1 Å². The lowest BCUT2D eigenvalue weighted by molar-refractivity contribution is -0.377. The monoisotopic (exact) mass is 408 g/mol. The van der Waals surface area contributed by atoms with Crippen LogP contribution < -0.4 is 20.1 Å². The highest BCUT2D eigenvalue weighted by Gasteiger charge is 2.23. The first-order valence-corrected chi connectivity index (χ1v) is 10.3. The number of anilines is 2. The second-order valence-electron chi connectivity index (χ2n) is 7.50. The molecule has 0 atom stereocenters. The van der Waals surface area contributed by atoms with Crippen molar-refractivity contribution in [3.05, 3.63) is 54.4 Å². The van der Waals surface area contributed by atoms with Gasteiger partial charge in [-0.2, -0.15) is 0 Å². The van der Waals surface area contributed by atoms with Crippen LogP contribution in [0.25, 0.3) is 0 Å². The summed E-state index contributed by atoms with van der Waals surface area (Å²) in [5.74, 6) is -0.256. The van der Waals surface area contributed by atoms with Gasteiger partial charge in [0.05, 0.1) is 6.54 Å². The van der Waals surface area contributed by atoms with E-state index in [-0.39, 0.29) is 24.3 Å². The number of nitrogens with zero attached hydrogens (tertiary/aromatic N) is 3. The van der Waals surface area contributed by atoms with Gasteiger partial charge in [-0.25, -0.2) is 4.98 Å². The van der Waals surface area contributed by atoms with E-state index in [9.17, 15) is 14.4 Å². The summed E-state index contributed by atoms with van der Waals surface area (Å²) < 4.78 is 0. The Morgan fingerprint density at radius 1 is 0.900 bits per heavy atom. The summed E-state index contributed by atoms with van der Waals surface area (Å²) in [6, 6.07) is 11.0. The van der Waals surface area contributed by atoms with E-state index in [1.807, 2.05) is 24.5 Å². The number of pyridine rings is 1. The van der Waals surface area contributed by atoms with Crippen molar-refractivity contribution in [3.63, 3.8) is 0 Å². The van der Waals surface area contributed by atoms with Crippen molar-refractivity contribution < 1.29 is 19.4 Å². The van der Waals surface area contributed by atoms with Crippen LogP contribution in [0, 0.1) is 0 Å². The Morgan fingerprint density at radius 2 is 1.60 bits per heavy atom. The summed E-state index contributed by atoms with van der Waals surface area (Å²) in [6.45, 7) is 3.48. The summed E-state index contributed by atoms with van der Waals surface area (Å²) in [5.41, 5.74) is 2.41. The van der Waals surface area contributed by atoms with E-state index < -0.39 is 0 Å². The van der Waals surface area contributed by atoms with E-state index in [1.165, 1.54) is 0 Å². The van der Waals surface area contributed by atoms with Crippen LogP contribution in [0.3, 0.4) is 0 Å². The number of amides is 3. The molecule has 2 aromatic rings. The average molecular weight is 408 g/mol. The molecule has 0 spiro atoms. The van der Waals surface area contributed by atoms with E-state index in [4.69, 9.17) is 0 Å². The fourth-order valence-corrected chi connectivity index (χ4v) is 3.89. The molecule has 0 aliphatic carbocycles. The lowest BCUT2D eigenvalue weighted by Crippen LogP contribution is -2.51. The predicted octanol–water partition coefficient (Wildman–Crippen LogP) is 0.706. The van der Waals surface area contributed by atoms with Gasteiger partial charge in [0.2, 0.25) is 11.8 Å². The van der Waals surface area contributed by atoms with Gasteiger partial charge in [-0.15, -0.1) is 0 Å². The highest BCUT2D eigenvalue weighted by molar-refractivity contribution is 5.98. The number of benzene rings is 1. The third-order valence-corrected chi connectivity index (χ3v) is 5.61. The number of rotatable bonds is 5. The first-order valence-electron chi connectivity index (χ1n) is 10.3. The minimum atomic E-state index is -0.290. The Kier molecular flexibility index (Phi) is 5.92. The van der Waals surface area contributed by atoms with Gasteiger partial charge >= 0.3 is 0 Å². The van der Waals surface area contributed by atoms with Gasteiger partial charge < -0.3 is 20.0 Å². The smallest absolute Gasteiger partial charge is 0.251 e. The number of piperazine rings is 1. The van der Waals surface area contributed by atoms with E-state index in [1.54, 1.807) is 34.1 Å². The fourth-order valence-electron chi connectivity index (χ4n) is 3.89. The molecule has 8 nitrogen and oxygen atoms in total. The van der Waals surface area contributed by atoms with Crippen LogP contribution in [0.15, 0.2) is 48.8 Å². The summed E-state index contributed by atoms with van der Waals surface area (Å²) in [7, 11) is 0. The zero-order valence-electron chi connectivity index (χ0n) is 16.8. The molecule has 2 aliphatic heterocycles. The fraction of sp³-hybridized carbons (Fsp3) is 0.364. The molecule has 0 bridgehead atoms. The van der Waals surface area contributed by atoms with Gasteiger partial charge in [0.1, 0.15) is 0 Å². The number of nitrogens with one attached hydrogen (secondary N) is 2. The molecule has 3 amide bonds. The molecule has 1 aromatic heterocycles. The first-order chi connectivity index (χ1) is 14.6. The Bertz CT molecular complexity index is 908. The minimum Gasteiger partial charge on any atom is -0.368 e. The van der Waals surface area contributed by atoms with Gasteiger partial charge in [-0.05, 0) is 30.7 Å². The average Bonchev–Trinajstić information content (AvgIpc) is 3.24. The zero-order valence-corrected chi connectivity index (χ0v) is 16.8. The second-order valence-corrected chi connectivity index (χ2v) is 7.50. The van der Waals surface area contributed by atoms with Crippen molar-refractivity contribution in [2.75, 3.05) is 49.1 Å². The maximum Gasteiger partial charge on any atom is 0.251 e. The molecule has 2 fully saturated rings. The standard InChI is InChI=1S/C22H25N5O3/c28-20-2-1-11-27(20)19-5-3-17(4-6-19)22(30)24-16-21(29)26-14-12-25(13-15-26)18-7-9-23-10-8-18/h3-10H,1-2,11-16H2,(H,24,30)/p+1. The van der Waals surface area contributed by atoms with Crippen LogP contribution in [-0.2, 0) is 9.59 Å². The molecule has 156 valence electrons. The van der Waals surface area contributed by atoms with E-state index in [0.29, 0.717) is 25.1 Å². The molecule has 0 saturated carbocycles. The molecule has 1 aromatic carbocycles. The van der Waals surface area contributed by atoms with Crippen molar-refractivity contribution in [1.82, 2.24) is 10.2 Å². The van der Waals surface area contributed by atoms with Gasteiger partial charge in [-0.3, -0.25) is 14.4 Å². The largest absolute Gasteiger partial charge is 0.368 e. The predicted molar refractivity (Wildman–Crippen MR) is 112 cm³/mol. The maximum atomic E-state index is 12.5. The molecule has 2 N–H and O–H groups in total. The number of hydrogen-bond acceptors (Lipinski definition) is 4. The number of H-pyrrole nitrogens is 1. The number of carbonyl (C=O) groups excluding carboxylic acids is 3. The Hall–Kier alpha value is -3.42. The normalized spacial score (nSPS) is 16.7. The van der Waals surface area contributed by atoms with Crippen molar-refractivity contribution in [2.45, 2.75) is 12.8 Å². The van der Waals surface area contributed by atoms with Crippen LogP contribution in [0.1, 0.15) is 23.2 Å². The molecular formula is C22H26N5O3+. The van der Waals surface area contributed by atoms with Gasteiger partial charge in [-0.1, -0.05) is 0 Å². The third-order valence-electron chi connectivity index (χ3n) is 5.61. The van der Waals surface area contributed by atoms with Crippen molar-refractivity contribution in [1.29, 1.82) is 0 Å². The lowest BCUT2D eigenvalue weighted by atomic mass is 10.2. The highest BCUT2D eigenvalue weighted by Crippen LogP contribution is 2.21. The minimum absolute atomic E-state index is 0.0223. The van der Waals surface area contributed by atoms with Crippen LogP contribution in [0.5, 0.6) is 0 Å². The summed E-state index contributed by atoms with van der Waals surface area (Å²) >= 11 is 0. The Labute approximate surface area is 175 Å². The summed E-state index contributed by atoms with van der Waals surface area (Å²) in [5, 5.41) is 2.71. The van der Waals surface area contributed by atoms with Crippen LogP contribution in [-0.4, -0.2) is 61.9 Å². The van der Waals surface area contributed by atoms with Gasteiger partial charge in [0.25, 0.3) is 5.91 Å². The zero-order chi connectivity index (χ0) is 20.9. The van der Waals surface area contributed by atoms with E-state index in [2.05, 4.69) is 15.2 Å². The van der Waals surface area contributed by atoms with E-state index >= 15 is 0 Å². The number of carbonyl (C=O) groups is 3. The van der Waals surface area contributed by atoms with Crippen LogP contribution in [0.4, 0.5) is 11.4 Å². The molecule has 30 heavy (non-hydrogen) atoms. The SMILES string of the molecule is O=C(NCC(=O)N1CCN(c2cc[nH+]cc2)CC1)c1ccc(N2CCCC2=O)cc1.